The first kappa shape index (κ1) is 25.9. The Hall–Kier alpha value is -2.36. The molecule has 0 saturated carbocycles. The highest BCUT2D eigenvalue weighted by Crippen LogP contribution is 1.91. The second kappa shape index (κ2) is 13.9. The average Bonchev–Trinajstić information content (AvgIpc) is 2.61. The van der Waals surface area contributed by atoms with Gasteiger partial charge in [0.05, 0.1) is 11.9 Å². The van der Waals surface area contributed by atoms with Crippen molar-refractivity contribution in [1.82, 2.24) is 0 Å². The summed E-state index contributed by atoms with van der Waals surface area (Å²) in [4.78, 5) is 38.8. The largest absolute Gasteiger partial charge is 0.547 e. The fourth-order valence-electron chi connectivity index (χ4n) is 1.29. The Morgan fingerprint density at radius 1 is 0.615 bits per heavy atom. The van der Waals surface area contributed by atoms with Gasteiger partial charge in [0.1, 0.15) is 38.4 Å². The van der Waals surface area contributed by atoms with Crippen molar-refractivity contribution in [2.24, 2.45) is 0 Å². The summed E-state index contributed by atoms with van der Waals surface area (Å²) in [5.41, 5.74) is 0. The Morgan fingerprint density at radius 2 is 0.846 bits per heavy atom. The number of aliphatic carboxylic acids is 4. The van der Waals surface area contributed by atoms with Crippen molar-refractivity contribution in [2.45, 2.75) is 24.4 Å². The minimum absolute atomic E-state index is 1.32. The molecule has 1 aliphatic rings. The molecule has 1 fully saturated rings. The van der Waals surface area contributed by atoms with E-state index in [9.17, 15) is 29.4 Å². The Kier molecular flexibility index (Phi) is 13.8. The molecule has 26 heavy (non-hydrogen) atoms. The lowest BCUT2D eigenvalue weighted by Gasteiger charge is -2.13. The van der Waals surface area contributed by atoms with E-state index in [1.165, 1.54) is 26.2 Å². The van der Waals surface area contributed by atoms with Crippen molar-refractivity contribution in [1.29, 1.82) is 0 Å². The van der Waals surface area contributed by atoms with Gasteiger partial charge in [0, 0.05) is 0 Å². The van der Waals surface area contributed by atoms with Crippen molar-refractivity contribution < 1.29 is 70.7 Å². The second-order valence-electron chi connectivity index (χ2n) is 4.83. The van der Waals surface area contributed by atoms with E-state index in [-0.39, 0.29) is 0 Å². The number of rotatable bonds is 6. The molecule has 1 heterocycles. The van der Waals surface area contributed by atoms with Crippen molar-refractivity contribution in [3.63, 3.8) is 0 Å². The standard InChI is InChI=1S/C4H10N2.2C4H6O6/c1-2-6-4-3-5-1;2*5-1(3(7)8)2(6)4(9)10/h5-6H,1-4H2;2*1-2,5-6H,(H,7,8)(H,9,10)/t;2*1-,2-/m.11/s1. The molecule has 1 aliphatic heterocycles. The monoisotopic (exact) mass is 386 g/mol. The van der Waals surface area contributed by atoms with Gasteiger partial charge in [-0.25, -0.2) is 9.59 Å². The predicted molar refractivity (Wildman–Crippen MR) is 72.6 cm³/mol. The number of quaternary nitrogens is 2. The summed E-state index contributed by atoms with van der Waals surface area (Å²) in [5, 5.41) is 73.0. The van der Waals surface area contributed by atoms with Crippen molar-refractivity contribution in [3.8, 4) is 0 Å². The first-order valence-electron chi connectivity index (χ1n) is 7.16. The third-order valence-corrected chi connectivity index (χ3v) is 2.74. The van der Waals surface area contributed by atoms with E-state index in [0.717, 1.165) is 0 Å². The summed E-state index contributed by atoms with van der Waals surface area (Å²) < 4.78 is 0. The van der Waals surface area contributed by atoms with Crippen LogP contribution in [0.2, 0.25) is 0 Å². The van der Waals surface area contributed by atoms with Crippen LogP contribution in [0.25, 0.3) is 0 Å². The van der Waals surface area contributed by atoms with Gasteiger partial charge in [-0.3, -0.25) is 0 Å². The molecule has 1 saturated heterocycles. The molecule has 0 aromatic carbocycles. The molecule has 0 amide bonds. The van der Waals surface area contributed by atoms with Gasteiger partial charge in [-0.1, -0.05) is 0 Å². The van der Waals surface area contributed by atoms with E-state index in [1.807, 2.05) is 0 Å². The molecule has 0 radical (unpaired) electrons. The Bertz CT molecular complexity index is 384. The molecule has 14 heteroatoms. The molecule has 0 aromatic rings. The van der Waals surface area contributed by atoms with Crippen molar-refractivity contribution >= 4 is 23.9 Å². The van der Waals surface area contributed by atoms with E-state index in [2.05, 4.69) is 10.6 Å². The summed E-state index contributed by atoms with van der Waals surface area (Å²) >= 11 is 0. The predicted octanol–water partition coefficient (Wildman–Crippen LogP) is -9.79. The van der Waals surface area contributed by atoms with Crippen LogP contribution < -0.4 is 20.8 Å². The quantitative estimate of drug-likeness (QED) is 0.211. The van der Waals surface area contributed by atoms with E-state index in [4.69, 9.17) is 30.6 Å². The van der Waals surface area contributed by atoms with Crippen LogP contribution in [0.4, 0.5) is 0 Å². The Morgan fingerprint density at radius 3 is 0.923 bits per heavy atom. The smallest absolute Gasteiger partial charge is 0.335 e. The third-order valence-electron chi connectivity index (χ3n) is 2.74. The van der Waals surface area contributed by atoms with E-state index in [0.29, 0.717) is 0 Å². The van der Waals surface area contributed by atoms with Gasteiger partial charge in [-0.15, -0.1) is 0 Å². The van der Waals surface area contributed by atoms with Gasteiger partial charge in [0.2, 0.25) is 0 Å². The van der Waals surface area contributed by atoms with Gasteiger partial charge in [0.15, 0.2) is 12.2 Å². The highest BCUT2D eigenvalue weighted by molar-refractivity contribution is 5.82. The summed E-state index contributed by atoms with van der Waals surface area (Å²) in [5.74, 6) is -7.65. The highest BCUT2D eigenvalue weighted by Gasteiger charge is 2.24. The number of hydrogen-bond acceptors (Lipinski definition) is 10. The first-order valence-corrected chi connectivity index (χ1v) is 7.16. The minimum atomic E-state index is -2.38. The number of nitrogens with two attached hydrogens (primary N) is 2. The molecule has 0 aromatic heterocycles. The Balaban J connectivity index is 0. The van der Waals surface area contributed by atoms with Gasteiger partial charge in [0.25, 0.3) is 0 Å². The number of carboxylic acid groups (broad SMARTS) is 4. The third kappa shape index (κ3) is 12.1. The molecular weight excluding hydrogens is 364 g/mol. The molecular formula is C12H22N2O12. The number of aliphatic hydroxyl groups excluding tert-OH is 4. The van der Waals surface area contributed by atoms with Gasteiger partial charge in [-0.2, -0.15) is 0 Å². The number of carbonyl (C=O) groups excluding carboxylic acids is 2. The number of carbonyl (C=O) groups is 4. The van der Waals surface area contributed by atoms with Crippen molar-refractivity contribution in [2.75, 3.05) is 26.2 Å². The summed E-state index contributed by atoms with van der Waals surface area (Å²) in [6, 6.07) is 0. The van der Waals surface area contributed by atoms with Crippen LogP contribution in [-0.2, 0) is 19.2 Å². The highest BCUT2D eigenvalue weighted by atomic mass is 16.4. The van der Waals surface area contributed by atoms with Gasteiger partial charge >= 0.3 is 11.9 Å². The average molecular weight is 386 g/mol. The fraction of sp³-hybridized carbons (Fsp3) is 0.667. The Labute approximate surface area is 146 Å². The van der Waals surface area contributed by atoms with Crippen LogP contribution in [0.15, 0.2) is 0 Å². The first-order chi connectivity index (χ1) is 11.9. The molecule has 1 rings (SSSR count). The van der Waals surface area contributed by atoms with Crippen LogP contribution in [0, 0.1) is 0 Å². The maximum absolute atomic E-state index is 9.74. The molecule has 14 nitrogen and oxygen atoms in total. The maximum Gasteiger partial charge on any atom is 0.335 e. The normalized spacial score (nSPS) is 17.7. The zero-order valence-corrected chi connectivity index (χ0v) is 13.4. The molecule has 10 N–H and O–H groups in total. The number of hydrogen-bond donors (Lipinski definition) is 8. The lowest BCUT2D eigenvalue weighted by atomic mass is 10.2. The van der Waals surface area contributed by atoms with Crippen molar-refractivity contribution in [3.05, 3.63) is 0 Å². The summed E-state index contributed by atoms with van der Waals surface area (Å²) in [7, 11) is 0. The molecule has 0 bridgehead atoms. The topological polar surface area (TPSA) is 269 Å². The number of aliphatic hydroxyl groups is 4. The second-order valence-corrected chi connectivity index (χ2v) is 4.83. The van der Waals surface area contributed by atoms with E-state index >= 15 is 0 Å². The summed E-state index contributed by atoms with van der Waals surface area (Å²) in [6.07, 6.45) is -9.41. The SMILES string of the molecule is C1C[NH2+]CC[NH2+]1.O=C([O-])[C@H](O)[C@@H](O)C(=O)O.O=C([O-])[C@H](O)[C@@H](O)C(=O)O. The van der Waals surface area contributed by atoms with Crippen LogP contribution in [0.5, 0.6) is 0 Å². The molecule has 0 spiro atoms. The molecule has 0 aliphatic carbocycles. The zero-order valence-electron chi connectivity index (χ0n) is 13.4. The zero-order chi connectivity index (χ0) is 20.9. The molecule has 152 valence electrons. The van der Waals surface area contributed by atoms with Gasteiger partial charge in [-0.05, 0) is 0 Å². The molecule has 0 unspecified atom stereocenters. The van der Waals surface area contributed by atoms with Gasteiger partial charge < -0.3 is 61.1 Å². The van der Waals surface area contributed by atoms with E-state index < -0.39 is 48.3 Å². The summed E-state index contributed by atoms with van der Waals surface area (Å²) in [6.45, 7) is 5.28. The molecule has 4 atom stereocenters. The van der Waals surface area contributed by atoms with Crippen LogP contribution in [0.1, 0.15) is 0 Å². The van der Waals surface area contributed by atoms with E-state index in [1.54, 1.807) is 0 Å². The van der Waals surface area contributed by atoms with Crippen LogP contribution in [0.3, 0.4) is 0 Å². The van der Waals surface area contributed by atoms with Crippen LogP contribution >= 0.6 is 0 Å². The lowest BCUT2D eigenvalue weighted by Crippen LogP contribution is -3.04. The fourth-order valence-corrected chi connectivity index (χ4v) is 1.29. The van der Waals surface area contributed by atoms with Crippen LogP contribution in [-0.4, -0.2) is 105 Å². The number of piperazine rings is 1. The minimum Gasteiger partial charge on any atom is -0.547 e. The number of carboxylic acids is 4. The lowest BCUT2D eigenvalue weighted by molar-refractivity contribution is -0.787. The maximum atomic E-state index is 9.74.